The van der Waals surface area contributed by atoms with Crippen LogP contribution in [0.15, 0.2) is 0 Å². The molecule has 112 valence electrons. The lowest BCUT2D eigenvalue weighted by molar-refractivity contribution is -0.148. The Labute approximate surface area is 121 Å². The fourth-order valence-electron chi connectivity index (χ4n) is 2.60. The number of carbonyl (C=O) groups excluding carboxylic acids is 2. The lowest BCUT2D eigenvalue weighted by atomic mass is 10.2. The normalized spacial score (nSPS) is 30.2. The van der Waals surface area contributed by atoms with Crippen LogP contribution in [0, 0.1) is 0 Å². The van der Waals surface area contributed by atoms with E-state index >= 15 is 0 Å². The van der Waals surface area contributed by atoms with Crippen LogP contribution >= 0.6 is 11.8 Å². The summed E-state index contributed by atoms with van der Waals surface area (Å²) < 4.78 is 4.75. The molecule has 0 radical (unpaired) electrons. The molecule has 2 N–H and O–H groups in total. The maximum absolute atomic E-state index is 12.2. The molecule has 0 aromatic rings. The third-order valence-corrected chi connectivity index (χ3v) is 5.27. The minimum atomic E-state index is -1.13. The van der Waals surface area contributed by atoms with Gasteiger partial charge in [0.2, 0.25) is 11.8 Å². The molecule has 0 saturated carbocycles. The highest BCUT2D eigenvalue weighted by atomic mass is 32.2. The Morgan fingerprint density at radius 1 is 1.65 bits per heavy atom. The second-order valence-corrected chi connectivity index (χ2v) is 6.57. The third kappa shape index (κ3) is 2.62. The first-order valence-electron chi connectivity index (χ1n) is 6.38. The highest BCUT2D eigenvalue weighted by Crippen LogP contribution is 2.47. The molecular formula is C12H18N2O5S. The van der Waals surface area contributed by atoms with Crippen molar-refractivity contribution in [2.24, 2.45) is 0 Å². The molecule has 2 aliphatic rings. The molecule has 3 atom stereocenters. The predicted molar refractivity (Wildman–Crippen MR) is 72.2 cm³/mol. The summed E-state index contributed by atoms with van der Waals surface area (Å²) in [6, 6.07) is -0.522. The van der Waals surface area contributed by atoms with Crippen molar-refractivity contribution in [3.63, 3.8) is 0 Å². The number of carboxylic acid groups (broad SMARTS) is 1. The largest absolute Gasteiger partial charge is 0.479 e. The minimum Gasteiger partial charge on any atom is -0.479 e. The number of nitrogens with one attached hydrogen (secondary N) is 1. The van der Waals surface area contributed by atoms with Gasteiger partial charge in [-0.2, -0.15) is 0 Å². The first-order chi connectivity index (χ1) is 9.39. The van der Waals surface area contributed by atoms with E-state index in [0.717, 1.165) is 6.42 Å². The highest BCUT2D eigenvalue weighted by Gasteiger charge is 2.52. The molecule has 0 aromatic carbocycles. The Morgan fingerprint density at radius 2 is 2.35 bits per heavy atom. The summed E-state index contributed by atoms with van der Waals surface area (Å²) >= 11 is 1.60. The van der Waals surface area contributed by atoms with Gasteiger partial charge in [0.15, 0.2) is 6.10 Å². The Balaban J connectivity index is 1.97. The second kappa shape index (κ2) is 5.61. The fraction of sp³-hybridized carbons (Fsp3) is 0.750. The van der Waals surface area contributed by atoms with Crippen molar-refractivity contribution < 1.29 is 24.2 Å². The van der Waals surface area contributed by atoms with Crippen LogP contribution in [0.4, 0.5) is 0 Å². The number of thioether (sulfide) groups is 1. The molecule has 2 aliphatic heterocycles. The number of hydrogen-bond donors (Lipinski definition) is 2. The maximum Gasteiger partial charge on any atom is 0.334 e. The minimum absolute atomic E-state index is 0.0147. The van der Waals surface area contributed by atoms with Gasteiger partial charge in [-0.15, -0.1) is 11.8 Å². The van der Waals surface area contributed by atoms with E-state index in [-0.39, 0.29) is 23.2 Å². The zero-order valence-corrected chi connectivity index (χ0v) is 12.2. The van der Waals surface area contributed by atoms with Gasteiger partial charge in [-0.25, -0.2) is 4.79 Å². The molecule has 0 spiro atoms. The van der Waals surface area contributed by atoms with Crippen molar-refractivity contribution >= 4 is 29.5 Å². The number of amides is 2. The van der Waals surface area contributed by atoms with Crippen LogP contribution in [-0.4, -0.2) is 64.2 Å². The van der Waals surface area contributed by atoms with Gasteiger partial charge in [0, 0.05) is 19.3 Å². The maximum atomic E-state index is 12.2. The fourth-order valence-corrected chi connectivity index (χ4v) is 4.03. The molecule has 2 fully saturated rings. The first-order valence-corrected chi connectivity index (χ1v) is 7.37. The van der Waals surface area contributed by atoms with E-state index in [1.165, 1.54) is 7.11 Å². The van der Waals surface area contributed by atoms with Crippen LogP contribution in [0.1, 0.15) is 19.8 Å². The molecule has 20 heavy (non-hydrogen) atoms. The van der Waals surface area contributed by atoms with Crippen molar-refractivity contribution in [3.8, 4) is 0 Å². The summed E-state index contributed by atoms with van der Waals surface area (Å²) in [5.74, 6) is -0.923. The molecule has 0 aromatic heterocycles. The van der Waals surface area contributed by atoms with Gasteiger partial charge in [0.1, 0.15) is 6.04 Å². The zero-order valence-electron chi connectivity index (χ0n) is 11.4. The molecule has 3 unspecified atom stereocenters. The van der Waals surface area contributed by atoms with Crippen LogP contribution in [-0.2, 0) is 19.1 Å². The quantitative estimate of drug-likeness (QED) is 0.721. The van der Waals surface area contributed by atoms with Crippen LogP contribution < -0.4 is 5.32 Å². The molecule has 2 saturated heterocycles. The van der Waals surface area contributed by atoms with Crippen molar-refractivity contribution in [2.45, 2.75) is 36.8 Å². The monoisotopic (exact) mass is 302 g/mol. The van der Waals surface area contributed by atoms with E-state index in [0.29, 0.717) is 12.2 Å². The van der Waals surface area contributed by atoms with Gasteiger partial charge in [0.25, 0.3) is 0 Å². The van der Waals surface area contributed by atoms with Crippen LogP contribution in [0.2, 0.25) is 0 Å². The Hall–Kier alpha value is -1.28. The van der Waals surface area contributed by atoms with E-state index in [2.05, 4.69) is 5.32 Å². The van der Waals surface area contributed by atoms with Gasteiger partial charge in [-0.3, -0.25) is 9.59 Å². The first kappa shape index (κ1) is 15.1. The SMILES string of the molecule is COC(CNC(=O)C1CSC2(C)CCC(=O)N12)C(=O)O. The topological polar surface area (TPSA) is 95.9 Å². The van der Waals surface area contributed by atoms with E-state index < -0.39 is 18.1 Å². The van der Waals surface area contributed by atoms with Gasteiger partial charge in [-0.05, 0) is 13.3 Å². The Kier molecular flexibility index (Phi) is 4.24. The Morgan fingerprint density at radius 3 is 2.95 bits per heavy atom. The summed E-state index contributed by atoms with van der Waals surface area (Å²) in [6.45, 7) is 1.86. The van der Waals surface area contributed by atoms with Crippen LogP contribution in [0.5, 0.6) is 0 Å². The predicted octanol–water partition coefficient (Wildman–Crippen LogP) is -0.344. The molecule has 2 rings (SSSR count). The lowest BCUT2D eigenvalue weighted by Gasteiger charge is -2.30. The molecule has 7 nitrogen and oxygen atoms in total. The standard InChI is InChI=1S/C12H18N2O5S/c1-12-4-3-9(15)14(12)7(6-20-12)10(16)13-5-8(19-2)11(17)18/h7-8H,3-6H2,1-2H3,(H,13,16)(H,17,18). The summed E-state index contributed by atoms with van der Waals surface area (Å²) in [4.78, 5) is 36.2. The molecule has 2 heterocycles. The zero-order chi connectivity index (χ0) is 14.9. The number of nitrogens with zero attached hydrogens (tertiary/aromatic N) is 1. The van der Waals surface area contributed by atoms with Crippen molar-refractivity contribution in [1.82, 2.24) is 10.2 Å². The second-order valence-electron chi connectivity index (χ2n) is 5.07. The summed E-state index contributed by atoms with van der Waals surface area (Å²) in [5.41, 5.74) is 0. The number of aliphatic carboxylic acids is 1. The number of methoxy groups -OCH3 is 1. The molecule has 0 aliphatic carbocycles. The summed E-state index contributed by atoms with van der Waals surface area (Å²) in [6.07, 6.45) is 0.132. The van der Waals surface area contributed by atoms with Crippen LogP contribution in [0.25, 0.3) is 0 Å². The molecular weight excluding hydrogens is 284 g/mol. The number of ether oxygens (including phenoxy) is 1. The smallest absolute Gasteiger partial charge is 0.334 e. The average Bonchev–Trinajstić information content (AvgIpc) is 2.87. The van der Waals surface area contributed by atoms with Gasteiger partial charge in [-0.1, -0.05) is 0 Å². The molecule has 0 bridgehead atoms. The van der Waals surface area contributed by atoms with E-state index in [1.54, 1.807) is 16.7 Å². The summed E-state index contributed by atoms with van der Waals surface area (Å²) in [5, 5.41) is 11.4. The van der Waals surface area contributed by atoms with Gasteiger partial charge >= 0.3 is 5.97 Å². The van der Waals surface area contributed by atoms with E-state index in [4.69, 9.17) is 9.84 Å². The number of rotatable bonds is 5. The number of hydrogen-bond acceptors (Lipinski definition) is 5. The van der Waals surface area contributed by atoms with Crippen molar-refractivity contribution in [2.75, 3.05) is 19.4 Å². The van der Waals surface area contributed by atoms with Crippen molar-refractivity contribution in [3.05, 3.63) is 0 Å². The Bertz CT molecular complexity index is 444. The lowest BCUT2D eigenvalue weighted by Crippen LogP contribution is -2.51. The number of carbonyl (C=O) groups is 3. The average molecular weight is 302 g/mol. The van der Waals surface area contributed by atoms with Crippen LogP contribution in [0.3, 0.4) is 0 Å². The van der Waals surface area contributed by atoms with E-state index in [9.17, 15) is 14.4 Å². The van der Waals surface area contributed by atoms with Gasteiger partial charge in [0.05, 0.1) is 11.4 Å². The van der Waals surface area contributed by atoms with E-state index in [1.807, 2.05) is 6.92 Å². The number of carboxylic acids is 1. The number of fused-ring (bicyclic) bond motifs is 1. The van der Waals surface area contributed by atoms with Crippen molar-refractivity contribution in [1.29, 1.82) is 0 Å². The molecule has 8 heteroatoms. The molecule has 2 amide bonds. The van der Waals surface area contributed by atoms with Gasteiger partial charge < -0.3 is 20.1 Å². The third-order valence-electron chi connectivity index (χ3n) is 3.77. The highest BCUT2D eigenvalue weighted by molar-refractivity contribution is 8.01. The summed E-state index contributed by atoms with van der Waals surface area (Å²) in [7, 11) is 1.28.